The number of benzene rings is 2. The van der Waals surface area contributed by atoms with Gasteiger partial charge in [0, 0.05) is 12.2 Å². The Labute approximate surface area is 200 Å². The van der Waals surface area contributed by atoms with Crippen molar-refractivity contribution in [2.24, 2.45) is 0 Å². The summed E-state index contributed by atoms with van der Waals surface area (Å²) in [5.74, 6) is 7.04. The van der Waals surface area contributed by atoms with Gasteiger partial charge in [-0.05, 0) is 61.3 Å². The number of nitrogens with one attached hydrogen (secondary N) is 3. The van der Waals surface area contributed by atoms with Crippen molar-refractivity contribution in [3.8, 4) is 11.8 Å². The molecule has 1 saturated heterocycles. The summed E-state index contributed by atoms with van der Waals surface area (Å²) >= 11 is 8.06. The van der Waals surface area contributed by atoms with Gasteiger partial charge in [0.05, 0.1) is 31.8 Å². The molecule has 0 spiro atoms. The average Bonchev–Trinajstić information content (AvgIpc) is 3.47. The molecule has 0 bridgehead atoms. The Morgan fingerprint density at radius 2 is 2.12 bits per heavy atom. The van der Waals surface area contributed by atoms with E-state index in [0.717, 1.165) is 45.0 Å². The second-order valence-electron chi connectivity index (χ2n) is 7.77. The molecule has 3 heterocycles. The first kappa shape index (κ1) is 21.7. The summed E-state index contributed by atoms with van der Waals surface area (Å²) in [6.07, 6.45) is 3.81. The lowest BCUT2D eigenvalue weighted by Crippen LogP contribution is -2.18. The number of fused-ring (bicyclic) bond motifs is 1. The van der Waals surface area contributed by atoms with Gasteiger partial charge in [-0.1, -0.05) is 35.6 Å². The van der Waals surface area contributed by atoms with Crippen LogP contribution in [0.2, 0.25) is 5.02 Å². The van der Waals surface area contributed by atoms with Crippen molar-refractivity contribution in [2.45, 2.75) is 25.4 Å². The monoisotopic (exact) mass is 477 g/mol. The van der Waals surface area contributed by atoms with Gasteiger partial charge in [0.1, 0.15) is 12.1 Å². The Hall–Kier alpha value is -3.18. The van der Waals surface area contributed by atoms with Gasteiger partial charge in [-0.15, -0.1) is 11.3 Å². The molecule has 0 aliphatic carbocycles. The van der Waals surface area contributed by atoms with Crippen LogP contribution >= 0.6 is 22.9 Å². The van der Waals surface area contributed by atoms with Gasteiger partial charge in [0.15, 0.2) is 5.82 Å². The standard InChI is InChI=1S/C25H21ClFN5S/c26-21-12-19(7-9-22(21)29-14-16-3-1-4-17(27)11-16)32-25-24-23(30-15-31-25)13-20(33-24)8-6-18-5-2-10-28-18/h1,3-4,7,9,11-13,15,18,28-29H,2,5,10,14H2,(H,30,31,32). The van der Waals surface area contributed by atoms with Crippen LogP contribution in [0.3, 0.4) is 0 Å². The van der Waals surface area contributed by atoms with Crippen molar-refractivity contribution in [2.75, 3.05) is 17.2 Å². The smallest absolute Gasteiger partial charge is 0.151 e. The predicted octanol–water partition coefficient (Wildman–Crippen LogP) is 5.94. The number of aromatic nitrogens is 2. The molecule has 8 heteroatoms. The van der Waals surface area contributed by atoms with E-state index in [-0.39, 0.29) is 11.9 Å². The van der Waals surface area contributed by atoms with Gasteiger partial charge in [-0.3, -0.25) is 0 Å². The van der Waals surface area contributed by atoms with Crippen molar-refractivity contribution in [3.05, 3.63) is 76.1 Å². The number of hydrogen-bond donors (Lipinski definition) is 3. The summed E-state index contributed by atoms with van der Waals surface area (Å²) < 4.78 is 14.3. The van der Waals surface area contributed by atoms with Crippen molar-refractivity contribution < 1.29 is 4.39 Å². The molecule has 1 unspecified atom stereocenters. The largest absolute Gasteiger partial charge is 0.380 e. The molecule has 1 aliphatic heterocycles. The molecule has 5 nitrogen and oxygen atoms in total. The molecule has 0 radical (unpaired) electrons. The SMILES string of the molecule is Fc1cccc(CNc2ccc(Nc3ncnc4cc(C#CC5CCCN5)sc34)cc2Cl)c1. The highest BCUT2D eigenvalue weighted by atomic mass is 35.5. The molecule has 1 fully saturated rings. The Kier molecular flexibility index (Phi) is 6.40. The molecular formula is C25H21ClFN5S. The first-order chi connectivity index (χ1) is 16.1. The van der Waals surface area contributed by atoms with Crippen molar-refractivity contribution in [1.82, 2.24) is 15.3 Å². The highest BCUT2D eigenvalue weighted by molar-refractivity contribution is 7.20. The first-order valence-electron chi connectivity index (χ1n) is 10.7. The average molecular weight is 478 g/mol. The maximum absolute atomic E-state index is 13.4. The minimum atomic E-state index is -0.256. The Morgan fingerprint density at radius 3 is 2.94 bits per heavy atom. The van der Waals surface area contributed by atoms with E-state index in [9.17, 15) is 4.39 Å². The normalized spacial score (nSPS) is 15.3. The fraction of sp³-hybridized carbons (Fsp3) is 0.200. The number of halogens is 2. The summed E-state index contributed by atoms with van der Waals surface area (Å²) in [5.41, 5.74) is 3.29. The zero-order valence-corrected chi connectivity index (χ0v) is 19.2. The minimum Gasteiger partial charge on any atom is -0.380 e. The zero-order chi connectivity index (χ0) is 22.6. The van der Waals surface area contributed by atoms with E-state index >= 15 is 0 Å². The molecule has 4 aromatic rings. The molecule has 33 heavy (non-hydrogen) atoms. The summed E-state index contributed by atoms with van der Waals surface area (Å²) in [6.45, 7) is 1.51. The van der Waals surface area contributed by atoms with Crippen LogP contribution in [0.25, 0.3) is 10.2 Å². The lowest BCUT2D eigenvalue weighted by Gasteiger charge is -2.11. The molecule has 2 aromatic heterocycles. The predicted molar refractivity (Wildman–Crippen MR) is 134 cm³/mol. The molecule has 3 N–H and O–H groups in total. The van der Waals surface area contributed by atoms with Crippen LogP contribution in [0.5, 0.6) is 0 Å². The third-order valence-corrected chi connectivity index (χ3v) is 6.70. The third kappa shape index (κ3) is 5.25. The first-order valence-corrected chi connectivity index (χ1v) is 11.9. The summed E-state index contributed by atoms with van der Waals surface area (Å²) in [4.78, 5) is 9.78. The second kappa shape index (κ2) is 9.75. The number of nitrogens with zero attached hydrogens (tertiary/aromatic N) is 2. The van der Waals surface area contributed by atoms with E-state index in [1.807, 2.05) is 30.3 Å². The van der Waals surface area contributed by atoms with Crippen LogP contribution in [-0.4, -0.2) is 22.6 Å². The minimum absolute atomic E-state index is 0.256. The number of thiophene rings is 1. The highest BCUT2D eigenvalue weighted by Gasteiger charge is 2.12. The molecule has 2 aromatic carbocycles. The van der Waals surface area contributed by atoms with E-state index in [0.29, 0.717) is 17.4 Å². The Bertz CT molecular complexity index is 1350. The molecule has 0 amide bonds. The number of hydrogen-bond acceptors (Lipinski definition) is 6. The van der Waals surface area contributed by atoms with Crippen molar-refractivity contribution >= 4 is 50.3 Å². The molecule has 1 aliphatic rings. The van der Waals surface area contributed by atoms with Crippen LogP contribution in [0.4, 0.5) is 21.6 Å². The molecule has 166 valence electrons. The quantitative estimate of drug-likeness (QED) is 0.310. The summed E-state index contributed by atoms with van der Waals surface area (Å²) in [6, 6.07) is 14.4. The molecule has 0 saturated carbocycles. The summed E-state index contributed by atoms with van der Waals surface area (Å²) in [5, 5.41) is 10.5. The maximum Gasteiger partial charge on any atom is 0.151 e. The number of rotatable bonds is 5. The molecule has 1 atom stereocenters. The lowest BCUT2D eigenvalue weighted by molar-refractivity contribution is 0.626. The summed E-state index contributed by atoms with van der Waals surface area (Å²) in [7, 11) is 0. The fourth-order valence-corrected chi connectivity index (χ4v) is 4.85. The van der Waals surface area contributed by atoms with E-state index in [4.69, 9.17) is 11.6 Å². The van der Waals surface area contributed by atoms with Gasteiger partial charge in [-0.2, -0.15) is 0 Å². The van der Waals surface area contributed by atoms with Gasteiger partial charge >= 0.3 is 0 Å². The molecule has 5 rings (SSSR count). The Balaban J connectivity index is 1.31. The van der Waals surface area contributed by atoms with Crippen LogP contribution < -0.4 is 16.0 Å². The maximum atomic E-state index is 13.4. The van der Waals surface area contributed by atoms with Gasteiger partial charge in [-0.25, -0.2) is 14.4 Å². The number of anilines is 3. The van der Waals surface area contributed by atoms with Gasteiger partial charge in [0.2, 0.25) is 0 Å². The van der Waals surface area contributed by atoms with Crippen LogP contribution in [0.1, 0.15) is 23.3 Å². The zero-order valence-electron chi connectivity index (χ0n) is 17.7. The fourth-order valence-electron chi connectivity index (χ4n) is 3.69. The van der Waals surface area contributed by atoms with E-state index in [2.05, 4.69) is 37.8 Å². The third-order valence-electron chi connectivity index (χ3n) is 5.34. The molecular weight excluding hydrogens is 457 g/mol. The van der Waals surface area contributed by atoms with E-state index in [1.165, 1.54) is 18.6 Å². The van der Waals surface area contributed by atoms with Gasteiger partial charge in [0.25, 0.3) is 0 Å². The van der Waals surface area contributed by atoms with E-state index < -0.39 is 0 Å². The highest BCUT2D eigenvalue weighted by Crippen LogP contribution is 2.32. The van der Waals surface area contributed by atoms with Crippen LogP contribution in [0.15, 0.2) is 54.9 Å². The van der Waals surface area contributed by atoms with Crippen molar-refractivity contribution in [3.63, 3.8) is 0 Å². The van der Waals surface area contributed by atoms with Gasteiger partial charge < -0.3 is 16.0 Å². The van der Waals surface area contributed by atoms with E-state index in [1.54, 1.807) is 23.7 Å². The van der Waals surface area contributed by atoms with Crippen LogP contribution in [0, 0.1) is 17.7 Å². The lowest BCUT2D eigenvalue weighted by atomic mass is 10.2. The van der Waals surface area contributed by atoms with Crippen LogP contribution in [-0.2, 0) is 6.54 Å². The topological polar surface area (TPSA) is 61.9 Å². The second-order valence-corrected chi connectivity index (χ2v) is 9.23. The van der Waals surface area contributed by atoms with Crippen molar-refractivity contribution in [1.29, 1.82) is 0 Å². The Morgan fingerprint density at radius 1 is 1.18 bits per heavy atom.